The smallest absolute Gasteiger partial charge is 0.321 e. The van der Waals surface area contributed by atoms with Crippen LogP contribution in [0.25, 0.3) is 0 Å². The van der Waals surface area contributed by atoms with E-state index in [4.69, 9.17) is 32.7 Å². The fourth-order valence-electron chi connectivity index (χ4n) is 3.02. The monoisotopic (exact) mass is 494 g/mol. The summed E-state index contributed by atoms with van der Waals surface area (Å²) in [7, 11) is 5.27. The minimum absolute atomic E-state index is 0.327. The number of amides is 2. The number of urea groups is 1. The molecule has 32 heavy (non-hydrogen) atoms. The fourth-order valence-corrected chi connectivity index (χ4v) is 4.03. The van der Waals surface area contributed by atoms with Gasteiger partial charge in [-0.25, -0.2) is 9.78 Å². The molecular formula is C22H24Cl2N4O3S. The first-order chi connectivity index (χ1) is 15.4. The van der Waals surface area contributed by atoms with Gasteiger partial charge in [-0.1, -0.05) is 35.3 Å². The summed E-state index contributed by atoms with van der Waals surface area (Å²) in [4.78, 5) is 18.8. The molecule has 10 heteroatoms. The highest BCUT2D eigenvalue weighted by atomic mass is 35.5. The highest BCUT2D eigenvalue weighted by Crippen LogP contribution is 2.26. The van der Waals surface area contributed by atoms with Crippen molar-refractivity contribution in [3.8, 4) is 11.5 Å². The van der Waals surface area contributed by atoms with E-state index in [9.17, 15) is 4.79 Å². The van der Waals surface area contributed by atoms with Gasteiger partial charge in [0.05, 0.1) is 30.0 Å². The standard InChI is InChI=1S/C22H24Cl2N4O3S/c1-28(11-15-5-6-17(30-2)9-20(15)31-3)12-16-13-32-22(26-16)27-21(29)25-10-14-4-7-18(23)19(24)8-14/h4-9,13H,10-12H2,1-3H3,(H2,25,26,27,29). The Balaban J connectivity index is 1.50. The van der Waals surface area contributed by atoms with Crippen molar-refractivity contribution >= 4 is 45.7 Å². The number of nitrogens with zero attached hydrogens (tertiary/aromatic N) is 2. The zero-order valence-corrected chi connectivity index (χ0v) is 20.3. The third-order valence-electron chi connectivity index (χ3n) is 4.58. The maximum absolute atomic E-state index is 12.2. The Bertz CT molecular complexity index is 1080. The molecule has 0 atom stereocenters. The molecule has 0 fully saturated rings. The summed E-state index contributed by atoms with van der Waals surface area (Å²) in [6.07, 6.45) is 0. The number of carbonyl (C=O) groups is 1. The van der Waals surface area contributed by atoms with Crippen LogP contribution < -0.4 is 20.1 Å². The predicted molar refractivity (Wildman–Crippen MR) is 129 cm³/mol. The van der Waals surface area contributed by atoms with Gasteiger partial charge < -0.3 is 14.8 Å². The number of ether oxygens (including phenoxy) is 2. The van der Waals surface area contributed by atoms with Gasteiger partial charge in [-0.2, -0.15) is 0 Å². The third kappa shape index (κ3) is 6.74. The van der Waals surface area contributed by atoms with Crippen LogP contribution in [0.1, 0.15) is 16.8 Å². The van der Waals surface area contributed by atoms with Crippen molar-refractivity contribution in [2.75, 3.05) is 26.6 Å². The number of nitrogens with one attached hydrogen (secondary N) is 2. The third-order valence-corrected chi connectivity index (χ3v) is 6.12. The van der Waals surface area contributed by atoms with E-state index in [1.54, 1.807) is 26.4 Å². The van der Waals surface area contributed by atoms with E-state index in [-0.39, 0.29) is 6.03 Å². The maximum Gasteiger partial charge on any atom is 0.321 e. The largest absolute Gasteiger partial charge is 0.497 e. The van der Waals surface area contributed by atoms with Gasteiger partial charge >= 0.3 is 6.03 Å². The molecule has 170 valence electrons. The molecule has 2 N–H and O–H groups in total. The molecule has 3 rings (SSSR count). The zero-order valence-electron chi connectivity index (χ0n) is 17.9. The van der Waals surface area contributed by atoms with Crippen molar-refractivity contribution in [1.29, 1.82) is 0 Å². The number of rotatable bonds is 9. The second kappa shape index (κ2) is 11.4. The molecule has 1 aromatic heterocycles. The Labute approximate surface area is 201 Å². The van der Waals surface area contributed by atoms with E-state index in [0.717, 1.165) is 28.3 Å². The first-order valence-corrected chi connectivity index (χ1v) is 11.3. The molecule has 0 aliphatic heterocycles. The van der Waals surface area contributed by atoms with Crippen LogP contribution in [0.5, 0.6) is 11.5 Å². The topological polar surface area (TPSA) is 75.7 Å². The summed E-state index contributed by atoms with van der Waals surface area (Å²) in [5.74, 6) is 1.52. The molecule has 0 saturated heterocycles. The van der Waals surface area contributed by atoms with Crippen molar-refractivity contribution in [3.63, 3.8) is 0 Å². The lowest BCUT2D eigenvalue weighted by molar-refractivity contribution is 0.251. The van der Waals surface area contributed by atoms with Gasteiger partial charge in [0, 0.05) is 36.6 Å². The summed E-state index contributed by atoms with van der Waals surface area (Å²) in [5.41, 5.74) is 2.76. The van der Waals surface area contributed by atoms with Crippen LogP contribution in [0, 0.1) is 0 Å². The van der Waals surface area contributed by atoms with Crippen LogP contribution in [0.3, 0.4) is 0 Å². The summed E-state index contributed by atoms with van der Waals surface area (Å²) in [6, 6.07) is 10.7. The number of hydrogen-bond donors (Lipinski definition) is 2. The minimum atomic E-state index is -0.340. The van der Waals surface area contributed by atoms with Crippen LogP contribution in [0.4, 0.5) is 9.93 Å². The van der Waals surface area contributed by atoms with Gasteiger partial charge in [0.15, 0.2) is 5.13 Å². The normalized spacial score (nSPS) is 10.8. The molecule has 0 spiro atoms. The number of anilines is 1. The van der Waals surface area contributed by atoms with Crippen molar-refractivity contribution in [2.45, 2.75) is 19.6 Å². The molecule has 0 aliphatic rings. The average molecular weight is 495 g/mol. The van der Waals surface area contributed by atoms with Crippen molar-refractivity contribution in [1.82, 2.24) is 15.2 Å². The maximum atomic E-state index is 12.2. The van der Waals surface area contributed by atoms with E-state index < -0.39 is 0 Å². The summed E-state index contributed by atoms with van der Waals surface area (Å²) in [5, 5.41) is 8.92. The van der Waals surface area contributed by atoms with Gasteiger partial charge in [-0.3, -0.25) is 10.2 Å². The number of benzene rings is 2. The second-order valence-corrected chi connectivity index (χ2v) is 8.72. The Kier molecular flexibility index (Phi) is 8.58. The quantitative estimate of drug-likeness (QED) is 0.415. The lowest BCUT2D eigenvalue weighted by Crippen LogP contribution is -2.28. The van der Waals surface area contributed by atoms with Gasteiger partial charge in [0.1, 0.15) is 11.5 Å². The van der Waals surface area contributed by atoms with Crippen LogP contribution in [-0.2, 0) is 19.6 Å². The Morgan fingerprint density at radius 3 is 2.62 bits per heavy atom. The molecule has 0 saturated carbocycles. The van der Waals surface area contributed by atoms with Crippen LogP contribution in [0.15, 0.2) is 41.8 Å². The molecule has 2 amide bonds. The molecule has 7 nitrogen and oxygen atoms in total. The van der Waals surface area contributed by atoms with Crippen LogP contribution in [-0.4, -0.2) is 37.2 Å². The molecular weight excluding hydrogens is 471 g/mol. The predicted octanol–water partition coefficient (Wildman–Crippen LogP) is 5.42. The summed E-state index contributed by atoms with van der Waals surface area (Å²) < 4.78 is 10.7. The van der Waals surface area contributed by atoms with E-state index in [0.29, 0.717) is 34.8 Å². The van der Waals surface area contributed by atoms with Gasteiger partial charge in [-0.05, 0) is 30.8 Å². The molecule has 0 aliphatic carbocycles. The number of carbonyl (C=O) groups excluding carboxylic acids is 1. The van der Waals surface area contributed by atoms with Crippen molar-refractivity contribution in [2.24, 2.45) is 0 Å². The number of methoxy groups -OCH3 is 2. The number of hydrogen-bond acceptors (Lipinski definition) is 6. The van der Waals surface area contributed by atoms with E-state index in [1.165, 1.54) is 11.3 Å². The summed E-state index contributed by atoms with van der Waals surface area (Å²) in [6.45, 7) is 1.63. The highest BCUT2D eigenvalue weighted by Gasteiger charge is 2.12. The first kappa shape index (κ1) is 24.1. The zero-order chi connectivity index (χ0) is 23.1. The molecule has 0 bridgehead atoms. The van der Waals surface area contributed by atoms with E-state index in [1.807, 2.05) is 36.7 Å². The Morgan fingerprint density at radius 2 is 1.91 bits per heavy atom. The molecule has 2 aromatic carbocycles. The Morgan fingerprint density at radius 1 is 1.09 bits per heavy atom. The molecule has 0 radical (unpaired) electrons. The summed E-state index contributed by atoms with van der Waals surface area (Å²) >= 11 is 13.3. The molecule has 3 aromatic rings. The van der Waals surface area contributed by atoms with Gasteiger partial charge in [0.25, 0.3) is 0 Å². The van der Waals surface area contributed by atoms with Crippen molar-refractivity contribution in [3.05, 3.63) is 68.6 Å². The average Bonchev–Trinajstić information content (AvgIpc) is 3.21. The van der Waals surface area contributed by atoms with E-state index >= 15 is 0 Å². The number of thiazole rings is 1. The van der Waals surface area contributed by atoms with Gasteiger partial charge in [0.2, 0.25) is 0 Å². The number of halogens is 2. The minimum Gasteiger partial charge on any atom is -0.497 e. The second-order valence-electron chi connectivity index (χ2n) is 7.05. The van der Waals surface area contributed by atoms with Crippen molar-refractivity contribution < 1.29 is 14.3 Å². The van der Waals surface area contributed by atoms with Crippen LogP contribution in [0.2, 0.25) is 10.0 Å². The first-order valence-electron chi connectivity index (χ1n) is 9.70. The molecule has 0 unspecified atom stereocenters. The molecule has 1 heterocycles. The van der Waals surface area contributed by atoms with Gasteiger partial charge in [-0.15, -0.1) is 11.3 Å². The SMILES string of the molecule is COc1ccc(CN(C)Cc2csc(NC(=O)NCc3ccc(Cl)c(Cl)c3)n2)c(OC)c1. The fraction of sp³-hybridized carbons (Fsp3) is 0.273. The van der Waals surface area contributed by atoms with Crippen LogP contribution >= 0.6 is 34.5 Å². The highest BCUT2D eigenvalue weighted by molar-refractivity contribution is 7.13. The Hall–Kier alpha value is -2.52. The van der Waals surface area contributed by atoms with E-state index in [2.05, 4.69) is 20.5 Å². The lowest BCUT2D eigenvalue weighted by atomic mass is 10.1. The number of aromatic nitrogens is 1. The lowest BCUT2D eigenvalue weighted by Gasteiger charge is -2.18.